The number of hydrogen-bond donors (Lipinski definition) is 3. The smallest absolute Gasteiger partial charge is 0.267 e. The van der Waals surface area contributed by atoms with Crippen LogP contribution in [0.15, 0.2) is 48.7 Å². The monoisotopic (exact) mass is 525 g/mol. The zero-order chi connectivity index (χ0) is 25.5. The molecular weight excluding hydrogens is 504 g/mol. The number of aliphatic hydroxyl groups excluding tert-OH is 1. The highest BCUT2D eigenvalue weighted by Gasteiger charge is 2.34. The fourth-order valence-corrected chi connectivity index (χ4v) is 3.43. The minimum Gasteiger partial charge on any atom is -0.484 e. The number of ether oxygens (including phenoxy) is 2. The van der Waals surface area contributed by atoms with Crippen molar-refractivity contribution in [2.45, 2.75) is 12.5 Å². The molecule has 0 spiro atoms. The Bertz CT molecular complexity index is 1150. The number of nitrogens with zero attached hydrogens (tertiary/aromatic N) is 1. The fraction of sp³-hybridized carbons (Fsp3) is 0.261. The van der Waals surface area contributed by atoms with E-state index in [0.717, 1.165) is 6.07 Å². The van der Waals surface area contributed by atoms with Gasteiger partial charge in [0.2, 0.25) is 0 Å². The molecule has 1 aliphatic heterocycles. The summed E-state index contributed by atoms with van der Waals surface area (Å²) in [4.78, 5) is 38.0. The lowest BCUT2D eigenvalue weighted by molar-refractivity contribution is -0.128. The SMILES string of the molecule is C=C(CCNC(=O)COc1ccc(Cl)c(F)c1)NC(=O)C1CN(C(=O)CO)c2cc(Cl)ccc2O1. The molecule has 3 N–H and O–H groups in total. The van der Waals surface area contributed by atoms with E-state index < -0.39 is 36.2 Å². The summed E-state index contributed by atoms with van der Waals surface area (Å²) in [6, 6.07) is 8.41. The maximum atomic E-state index is 13.4. The third kappa shape index (κ3) is 7.08. The number of rotatable bonds is 9. The number of halogens is 3. The van der Waals surface area contributed by atoms with Crippen LogP contribution in [0.2, 0.25) is 10.0 Å². The number of carbonyl (C=O) groups is 3. The highest BCUT2D eigenvalue weighted by Crippen LogP contribution is 2.35. The van der Waals surface area contributed by atoms with Gasteiger partial charge in [0.15, 0.2) is 12.7 Å². The molecule has 1 heterocycles. The molecule has 0 bridgehead atoms. The minimum absolute atomic E-state index is 0.0534. The van der Waals surface area contributed by atoms with Crippen molar-refractivity contribution < 1.29 is 33.4 Å². The quantitative estimate of drug-likeness (QED) is 0.462. The van der Waals surface area contributed by atoms with E-state index in [1.54, 1.807) is 6.07 Å². The third-order valence-electron chi connectivity index (χ3n) is 4.87. The number of carbonyl (C=O) groups excluding carboxylic acids is 3. The summed E-state index contributed by atoms with van der Waals surface area (Å²) in [7, 11) is 0. The molecule has 3 amide bonds. The number of aliphatic hydroxyl groups is 1. The van der Waals surface area contributed by atoms with Gasteiger partial charge < -0.3 is 30.1 Å². The zero-order valence-corrected chi connectivity index (χ0v) is 19.9. The van der Waals surface area contributed by atoms with Crippen LogP contribution in [0, 0.1) is 5.82 Å². The maximum Gasteiger partial charge on any atom is 0.267 e. The number of anilines is 1. The molecule has 1 aliphatic rings. The van der Waals surface area contributed by atoms with Gasteiger partial charge in [-0.15, -0.1) is 0 Å². The van der Waals surface area contributed by atoms with Crippen molar-refractivity contribution in [1.29, 1.82) is 0 Å². The van der Waals surface area contributed by atoms with Crippen molar-refractivity contribution in [1.82, 2.24) is 10.6 Å². The Morgan fingerprint density at radius 1 is 1.23 bits per heavy atom. The molecule has 9 nitrogen and oxygen atoms in total. The first kappa shape index (κ1) is 26.3. The van der Waals surface area contributed by atoms with Crippen molar-refractivity contribution in [2.75, 3.05) is 31.2 Å². The van der Waals surface area contributed by atoms with E-state index >= 15 is 0 Å². The van der Waals surface area contributed by atoms with E-state index in [1.807, 2.05) is 0 Å². The van der Waals surface area contributed by atoms with Crippen LogP contribution in [0.5, 0.6) is 11.5 Å². The largest absolute Gasteiger partial charge is 0.484 e. The molecular formula is C23H22Cl2FN3O6. The van der Waals surface area contributed by atoms with Gasteiger partial charge in [0.25, 0.3) is 17.7 Å². The third-order valence-corrected chi connectivity index (χ3v) is 5.41. The van der Waals surface area contributed by atoms with Gasteiger partial charge in [0, 0.05) is 29.8 Å². The van der Waals surface area contributed by atoms with Crippen LogP contribution in [-0.2, 0) is 14.4 Å². The van der Waals surface area contributed by atoms with E-state index in [2.05, 4.69) is 17.2 Å². The molecule has 1 unspecified atom stereocenters. The molecule has 0 fully saturated rings. The Labute approximate surface area is 210 Å². The van der Waals surface area contributed by atoms with Crippen LogP contribution >= 0.6 is 23.2 Å². The molecule has 12 heteroatoms. The van der Waals surface area contributed by atoms with E-state index in [0.29, 0.717) is 16.4 Å². The standard InChI is InChI=1S/C23H22Cl2FN3O6/c1-13(6-7-27-21(31)12-34-15-3-4-16(25)17(26)9-15)28-23(33)20-10-29(22(32)11-30)18-8-14(24)2-5-19(18)35-20/h2-5,8-9,20,30H,1,6-7,10-12H2,(H,27,31)(H,28,33). The molecule has 0 saturated heterocycles. The van der Waals surface area contributed by atoms with Crippen molar-refractivity contribution in [3.63, 3.8) is 0 Å². The Hall–Kier alpha value is -3.34. The van der Waals surface area contributed by atoms with Crippen molar-refractivity contribution in [3.05, 3.63) is 64.5 Å². The average Bonchev–Trinajstić information content (AvgIpc) is 2.83. The highest BCUT2D eigenvalue weighted by atomic mass is 35.5. The van der Waals surface area contributed by atoms with Gasteiger partial charge in [-0.1, -0.05) is 29.8 Å². The van der Waals surface area contributed by atoms with Gasteiger partial charge in [-0.05, 0) is 30.3 Å². The van der Waals surface area contributed by atoms with Crippen LogP contribution in [0.25, 0.3) is 0 Å². The summed E-state index contributed by atoms with van der Waals surface area (Å²) < 4.78 is 24.3. The highest BCUT2D eigenvalue weighted by molar-refractivity contribution is 6.31. The van der Waals surface area contributed by atoms with E-state index in [9.17, 15) is 23.9 Å². The second-order valence-corrected chi connectivity index (χ2v) is 8.28. The topological polar surface area (TPSA) is 117 Å². The summed E-state index contributed by atoms with van der Waals surface area (Å²) in [6.45, 7) is 2.69. The van der Waals surface area contributed by atoms with E-state index in [1.165, 1.54) is 29.2 Å². The van der Waals surface area contributed by atoms with E-state index in [4.69, 9.17) is 32.7 Å². The van der Waals surface area contributed by atoms with Gasteiger partial charge in [0.05, 0.1) is 17.3 Å². The number of benzene rings is 2. The lowest BCUT2D eigenvalue weighted by atomic mass is 10.1. The molecule has 1 atom stereocenters. The first-order valence-electron chi connectivity index (χ1n) is 10.4. The zero-order valence-electron chi connectivity index (χ0n) is 18.4. The molecule has 35 heavy (non-hydrogen) atoms. The number of fused-ring (bicyclic) bond motifs is 1. The fourth-order valence-electron chi connectivity index (χ4n) is 3.15. The van der Waals surface area contributed by atoms with Gasteiger partial charge in [-0.2, -0.15) is 0 Å². The number of hydrogen-bond acceptors (Lipinski definition) is 6. The van der Waals surface area contributed by atoms with Crippen molar-refractivity contribution in [2.24, 2.45) is 0 Å². The molecule has 0 aliphatic carbocycles. The van der Waals surface area contributed by atoms with Gasteiger partial charge in [-0.25, -0.2) is 4.39 Å². The maximum absolute atomic E-state index is 13.4. The normalized spacial score (nSPS) is 14.4. The average molecular weight is 526 g/mol. The van der Waals surface area contributed by atoms with Gasteiger partial charge in [0.1, 0.15) is 23.9 Å². The minimum atomic E-state index is -1.06. The van der Waals surface area contributed by atoms with Gasteiger partial charge >= 0.3 is 0 Å². The van der Waals surface area contributed by atoms with Gasteiger partial charge in [-0.3, -0.25) is 14.4 Å². The van der Waals surface area contributed by atoms with Crippen LogP contribution < -0.4 is 25.0 Å². The predicted octanol–water partition coefficient (Wildman–Crippen LogP) is 2.43. The van der Waals surface area contributed by atoms with Crippen LogP contribution in [0.3, 0.4) is 0 Å². The Kier molecular flexibility index (Phi) is 8.91. The summed E-state index contributed by atoms with van der Waals surface area (Å²) in [6.07, 6.45) is -0.843. The molecule has 186 valence electrons. The van der Waals surface area contributed by atoms with Crippen LogP contribution in [0.4, 0.5) is 10.1 Å². The molecule has 2 aromatic carbocycles. The molecule has 0 radical (unpaired) electrons. The number of nitrogens with one attached hydrogen (secondary N) is 2. The van der Waals surface area contributed by atoms with Crippen molar-refractivity contribution in [3.8, 4) is 11.5 Å². The van der Waals surface area contributed by atoms with Crippen LogP contribution in [-0.4, -0.2) is 55.2 Å². The first-order chi connectivity index (χ1) is 16.7. The lowest BCUT2D eigenvalue weighted by Crippen LogP contribution is -2.51. The molecule has 0 saturated carbocycles. The predicted molar refractivity (Wildman–Crippen MR) is 127 cm³/mol. The first-order valence-corrected chi connectivity index (χ1v) is 11.1. The Morgan fingerprint density at radius 3 is 2.71 bits per heavy atom. The summed E-state index contributed by atoms with van der Waals surface area (Å²) >= 11 is 11.6. The summed E-state index contributed by atoms with van der Waals surface area (Å²) in [5.74, 6) is -1.85. The van der Waals surface area contributed by atoms with E-state index in [-0.39, 0.29) is 42.6 Å². The summed E-state index contributed by atoms with van der Waals surface area (Å²) in [5, 5.41) is 14.8. The number of amides is 3. The second-order valence-electron chi connectivity index (χ2n) is 7.44. The Balaban J connectivity index is 1.46. The molecule has 2 aromatic rings. The molecule has 0 aromatic heterocycles. The lowest BCUT2D eigenvalue weighted by Gasteiger charge is -2.34. The summed E-state index contributed by atoms with van der Waals surface area (Å²) in [5.41, 5.74) is 0.659. The Morgan fingerprint density at radius 2 is 2.00 bits per heavy atom. The second kappa shape index (κ2) is 11.9. The van der Waals surface area contributed by atoms with Crippen LogP contribution in [0.1, 0.15) is 6.42 Å². The van der Waals surface area contributed by atoms with Crippen molar-refractivity contribution >= 4 is 46.6 Å². The molecule has 3 rings (SSSR count).